The molecule has 0 aliphatic heterocycles. The summed E-state index contributed by atoms with van der Waals surface area (Å²) in [5.41, 5.74) is 12.3. The van der Waals surface area contributed by atoms with E-state index in [0.29, 0.717) is 5.56 Å². The zero-order valence-electron chi connectivity index (χ0n) is 23.0. The molecule has 1 aromatic heterocycles. The van der Waals surface area contributed by atoms with Gasteiger partial charge in [0.1, 0.15) is 18.1 Å². The number of nitrogens with one attached hydrogen (secondary N) is 4. The molecule has 224 valence electrons. The first kappa shape index (κ1) is 32.8. The van der Waals surface area contributed by atoms with Crippen LogP contribution in [0.4, 0.5) is 0 Å². The SMILES string of the molecule is CC(C)CC(NC(=O)C(CCC(=O)O)NC(=O)C(N)CCC(N)=O)C(=O)NC(Cc1c[nH]c2ccccc12)C(=O)O. The third kappa shape index (κ3) is 10.6. The maximum atomic E-state index is 13.2. The summed E-state index contributed by atoms with van der Waals surface area (Å²) in [6, 6.07) is 2.28. The second-order valence-corrected chi connectivity index (χ2v) is 10.3. The number of amides is 4. The number of benzene rings is 1. The number of carbonyl (C=O) groups excluding carboxylic acids is 4. The van der Waals surface area contributed by atoms with E-state index in [-0.39, 0.29) is 38.0 Å². The summed E-state index contributed by atoms with van der Waals surface area (Å²) in [5, 5.41) is 27.1. The van der Waals surface area contributed by atoms with E-state index >= 15 is 0 Å². The number of carboxylic acids is 2. The van der Waals surface area contributed by atoms with Crippen LogP contribution in [-0.4, -0.2) is 74.9 Å². The highest BCUT2D eigenvalue weighted by molar-refractivity contribution is 5.94. The van der Waals surface area contributed by atoms with Crippen molar-refractivity contribution in [1.82, 2.24) is 20.9 Å². The molecular weight excluding hydrogens is 536 g/mol. The van der Waals surface area contributed by atoms with Crippen LogP contribution in [0.2, 0.25) is 0 Å². The zero-order valence-corrected chi connectivity index (χ0v) is 23.0. The maximum Gasteiger partial charge on any atom is 0.326 e. The molecule has 4 amide bonds. The highest BCUT2D eigenvalue weighted by Gasteiger charge is 2.31. The van der Waals surface area contributed by atoms with E-state index in [0.717, 1.165) is 10.9 Å². The Hall–Kier alpha value is -4.46. The normalized spacial score (nSPS) is 14.0. The van der Waals surface area contributed by atoms with E-state index < -0.39 is 66.2 Å². The van der Waals surface area contributed by atoms with Crippen LogP contribution in [0, 0.1) is 5.92 Å². The van der Waals surface area contributed by atoms with Gasteiger partial charge in [-0.15, -0.1) is 0 Å². The largest absolute Gasteiger partial charge is 0.481 e. The summed E-state index contributed by atoms with van der Waals surface area (Å²) in [7, 11) is 0. The van der Waals surface area contributed by atoms with Crippen LogP contribution in [0.3, 0.4) is 0 Å². The minimum atomic E-state index is -1.36. The van der Waals surface area contributed by atoms with Crippen molar-refractivity contribution in [2.75, 3.05) is 0 Å². The molecule has 0 aliphatic rings. The van der Waals surface area contributed by atoms with Crippen LogP contribution in [0.5, 0.6) is 0 Å². The van der Waals surface area contributed by atoms with Gasteiger partial charge < -0.3 is 42.6 Å². The zero-order chi connectivity index (χ0) is 30.7. The summed E-state index contributed by atoms with van der Waals surface area (Å²) in [5.74, 6) is -5.64. The first-order valence-corrected chi connectivity index (χ1v) is 13.2. The minimum Gasteiger partial charge on any atom is -0.481 e. The summed E-state index contributed by atoms with van der Waals surface area (Å²) in [6.07, 6.45) is 0.762. The first-order valence-electron chi connectivity index (χ1n) is 13.2. The van der Waals surface area contributed by atoms with Crippen LogP contribution in [-0.2, 0) is 35.2 Å². The van der Waals surface area contributed by atoms with Crippen molar-refractivity contribution in [3.8, 4) is 0 Å². The van der Waals surface area contributed by atoms with Gasteiger partial charge in [0, 0.05) is 36.4 Å². The van der Waals surface area contributed by atoms with Crippen molar-refractivity contribution in [3.05, 3.63) is 36.0 Å². The van der Waals surface area contributed by atoms with Crippen LogP contribution in [0.15, 0.2) is 30.5 Å². The van der Waals surface area contributed by atoms with E-state index in [1.807, 2.05) is 24.3 Å². The number of carbonyl (C=O) groups is 6. The Labute approximate surface area is 236 Å². The second-order valence-electron chi connectivity index (χ2n) is 10.3. The van der Waals surface area contributed by atoms with E-state index in [2.05, 4.69) is 20.9 Å². The molecule has 0 bridgehead atoms. The molecule has 10 N–H and O–H groups in total. The number of fused-ring (bicyclic) bond motifs is 1. The number of rotatable bonds is 17. The molecule has 0 aliphatic carbocycles. The average Bonchev–Trinajstić information content (AvgIpc) is 3.30. The van der Waals surface area contributed by atoms with Crippen LogP contribution >= 0.6 is 0 Å². The fraction of sp³-hybridized carbons (Fsp3) is 0.481. The Balaban J connectivity index is 2.18. The summed E-state index contributed by atoms with van der Waals surface area (Å²) >= 11 is 0. The van der Waals surface area contributed by atoms with Gasteiger partial charge in [0.2, 0.25) is 23.6 Å². The predicted molar refractivity (Wildman–Crippen MR) is 148 cm³/mol. The van der Waals surface area contributed by atoms with E-state index in [1.165, 1.54) is 0 Å². The monoisotopic (exact) mass is 574 g/mol. The number of nitrogens with two attached hydrogens (primary N) is 2. The number of primary amides is 1. The molecule has 0 fully saturated rings. The fourth-order valence-electron chi connectivity index (χ4n) is 4.21. The van der Waals surface area contributed by atoms with Gasteiger partial charge in [0.25, 0.3) is 0 Å². The lowest BCUT2D eigenvalue weighted by atomic mass is 10.0. The quantitative estimate of drug-likeness (QED) is 0.124. The van der Waals surface area contributed by atoms with Crippen molar-refractivity contribution in [3.63, 3.8) is 0 Å². The Morgan fingerprint density at radius 3 is 2.07 bits per heavy atom. The Morgan fingerprint density at radius 2 is 1.46 bits per heavy atom. The number of para-hydroxylation sites is 1. The third-order valence-electron chi connectivity index (χ3n) is 6.37. The summed E-state index contributed by atoms with van der Waals surface area (Å²) in [6.45, 7) is 3.60. The van der Waals surface area contributed by atoms with Gasteiger partial charge in [-0.1, -0.05) is 32.0 Å². The minimum absolute atomic E-state index is 0.0199. The Kier molecular flexibility index (Phi) is 12.3. The molecule has 1 heterocycles. The highest BCUT2D eigenvalue weighted by atomic mass is 16.4. The van der Waals surface area contributed by atoms with Gasteiger partial charge in [-0.3, -0.25) is 24.0 Å². The van der Waals surface area contributed by atoms with Gasteiger partial charge in [-0.25, -0.2) is 4.79 Å². The average molecular weight is 575 g/mol. The molecule has 14 heteroatoms. The molecule has 1 aromatic carbocycles. The molecule has 0 saturated heterocycles. The van der Waals surface area contributed by atoms with Crippen molar-refractivity contribution < 1.29 is 39.0 Å². The summed E-state index contributed by atoms with van der Waals surface area (Å²) < 4.78 is 0. The van der Waals surface area contributed by atoms with Crippen LogP contribution in [0.1, 0.15) is 51.5 Å². The van der Waals surface area contributed by atoms with Gasteiger partial charge in [-0.2, -0.15) is 0 Å². The van der Waals surface area contributed by atoms with Crippen molar-refractivity contribution >= 4 is 46.5 Å². The second kappa shape index (κ2) is 15.4. The molecule has 4 atom stereocenters. The lowest BCUT2D eigenvalue weighted by Crippen LogP contribution is -2.57. The fourth-order valence-corrected chi connectivity index (χ4v) is 4.21. The van der Waals surface area contributed by atoms with Crippen LogP contribution in [0.25, 0.3) is 10.9 Å². The highest BCUT2D eigenvalue weighted by Crippen LogP contribution is 2.19. The van der Waals surface area contributed by atoms with Crippen molar-refractivity contribution in [2.45, 2.75) is 76.5 Å². The third-order valence-corrected chi connectivity index (χ3v) is 6.37. The molecule has 4 unspecified atom stereocenters. The molecule has 2 rings (SSSR count). The molecular formula is C27H38N6O8. The van der Waals surface area contributed by atoms with Gasteiger partial charge in [0.05, 0.1) is 6.04 Å². The van der Waals surface area contributed by atoms with Crippen LogP contribution < -0.4 is 27.4 Å². The Bertz CT molecular complexity index is 1260. The van der Waals surface area contributed by atoms with E-state index in [9.17, 15) is 33.9 Å². The topological polar surface area (TPSA) is 247 Å². The number of hydrogen-bond donors (Lipinski definition) is 8. The van der Waals surface area contributed by atoms with Gasteiger partial charge in [0.15, 0.2) is 0 Å². The van der Waals surface area contributed by atoms with Crippen molar-refractivity contribution in [1.29, 1.82) is 0 Å². The molecule has 14 nitrogen and oxygen atoms in total. The molecule has 41 heavy (non-hydrogen) atoms. The Morgan fingerprint density at radius 1 is 0.854 bits per heavy atom. The lowest BCUT2D eigenvalue weighted by Gasteiger charge is -2.26. The van der Waals surface area contributed by atoms with E-state index in [1.54, 1.807) is 20.0 Å². The standard InChI is InChI=1S/C27H38N6O8/c1-14(2)11-20(26(39)33-21(27(40)41)12-15-13-30-18-6-4-3-5-16(15)18)32-25(38)19(8-10-23(35)36)31-24(37)17(28)7-9-22(29)34/h3-6,13-14,17,19-21,30H,7-12,28H2,1-2H3,(H2,29,34)(H,31,37)(H,32,38)(H,33,39)(H,35,36)(H,40,41). The number of aromatic amines is 1. The molecule has 2 aromatic rings. The predicted octanol–water partition coefficient (Wildman–Crippen LogP) is -0.247. The first-order chi connectivity index (χ1) is 19.3. The number of aromatic nitrogens is 1. The van der Waals surface area contributed by atoms with Gasteiger partial charge in [-0.05, 0) is 36.8 Å². The van der Waals surface area contributed by atoms with Gasteiger partial charge >= 0.3 is 11.9 Å². The smallest absolute Gasteiger partial charge is 0.326 e. The number of hydrogen-bond acceptors (Lipinski definition) is 7. The maximum absolute atomic E-state index is 13.2. The van der Waals surface area contributed by atoms with Crippen molar-refractivity contribution in [2.24, 2.45) is 17.4 Å². The van der Waals surface area contributed by atoms with E-state index in [4.69, 9.17) is 16.6 Å². The molecule has 0 saturated carbocycles. The summed E-state index contributed by atoms with van der Waals surface area (Å²) in [4.78, 5) is 76.2. The lowest BCUT2D eigenvalue weighted by molar-refractivity contribution is -0.142. The molecule has 0 spiro atoms. The number of H-pyrrole nitrogens is 1. The molecule has 0 radical (unpaired) electrons. The number of aliphatic carboxylic acids is 2. The number of carboxylic acid groups (broad SMARTS) is 2.